The van der Waals surface area contributed by atoms with E-state index in [1.54, 1.807) is 30.3 Å². The lowest BCUT2D eigenvalue weighted by Gasteiger charge is -2.57. The Morgan fingerprint density at radius 1 is 0.938 bits per heavy atom. The monoisotopic (exact) mass is 430 g/mol. The van der Waals surface area contributed by atoms with Crippen LogP contribution in [0.15, 0.2) is 46.9 Å². The molecule has 4 aliphatic carbocycles. The molecule has 4 aliphatic rings. The minimum Gasteiger partial charge on any atom is -0.508 e. The Morgan fingerprint density at radius 2 is 1.50 bits per heavy atom. The standard InChI is InChI=1S/C26H26N2O4/c1-31-25(30)19-4-2-18(3-5-19)23-27-28-24(32-23)20-6-7-22(29)21(11-20)26-12-15-8-16(13-26)10-17(9-15)14-26/h2-7,11,15-17,29H,8-10,12-14H2,1H3. The first-order valence-corrected chi connectivity index (χ1v) is 11.4. The van der Waals surface area contributed by atoms with Crippen LogP contribution in [-0.2, 0) is 10.2 Å². The summed E-state index contributed by atoms with van der Waals surface area (Å²) in [6.45, 7) is 0. The third kappa shape index (κ3) is 3.12. The average molecular weight is 431 g/mol. The van der Waals surface area contributed by atoms with Crippen molar-refractivity contribution in [3.8, 4) is 28.7 Å². The molecule has 164 valence electrons. The number of aromatic nitrogens is 2. The van der Waals surface area contributed by atoms with Gasteiger partial charge < -0.3 is 14.3 Å². The first kappa shape index (κ1) is 19.5. The van der Waals surface area contributed by atoms with E-state index in [2.05, 4.69) is 16.3 Å². The number of hydrogen-bond acceptors (Lipinski definition) is 6. The molecule has 32 heavy (non-hydrogen) atoms. The van der Waals surface area contributed by atoms with Crippen LogP contribution in [0.1, 0.15) is 54.4 Å². The second-order valence-corrected chi connectivity index (χ2v) is 9.91. The van der Waals surface area contributed by atoms with E-state index in [9.17, 15) is 9.90 Å². The molecular formula is C26H26N2O4. The van der Waals surface area contributed by atoms with Gasteiger partial charge in [0.2, 0.25) is 11.8 Å². The molecule has 4 saturated carbocycles. The highest BCUT2D eigenvalue weighted by atomic mass is 16.5. The predicted molar refractivity (Wildman–Crippen MR) is 118 cm³/mol. The highest BCUT2D eigenvalue weighted by Crippen LogP contribution is 2.62. The Balaban J connectivity index is 1.31. The van der Waals surface area contributed by atoms with Crippen molar-refractivity contribution in [2.45, 2.75) is 43.9 Å². The number of aromatic hydroxyl groups is 1. The Kier molecular flexibility index (Phi) is 4.39. The van der Waals surface area contributed by atoms with Crippen LogP contribution in [0.2, 0.25) is 0 Å². The molecule has 1 heterocycles. The molecule has 4 bridgehead atoms. The minimum absolute atomic E-state index is 0.0847. The fourth-order valence-electron chi connectivity index (χ4n) is 6.86. The van der Waals surface area contributed by atoms with Crippen molar-refractivity contribution in [1.29, 1.82) is 0 Å². The summed E-state index contributed by atoms with van der Waals surface area (Å²) in [6, 6.07) is 12.6. The van der Waals surface area contributed by atoms with E-state index in [1.165, 1.54) is 45.6 Å². The first-order valence-electron chi connectivity index (χ1n) is 11.4. The van der Waals surface area contributed by atoms with Crippen LogP contribution in [0.5, 0.6) is 5.75 Å². The van der Waals surface area contributed by atoms with E-state index < -0.39 is 0 Å². The zero-order valence-electron chi connectivity index (χ0n) is 18.1. The summed E-state index contributed by atoms with van der Waals surface area (Å²) >= 11 is 0. The van der Waals surface area contributed by atoms with Gasteiger partial charge in [0.05, 0.1) is 12.7 Å². The summed E-state index contributed by atoms with van der Waals surface area (Å²) in [4.78, 5) is 11.6. The SMILES string of the molecule is COC(=O)c1ccc(-c2nnc(-c3ccc(O)c(C45CC6CC(CC(C6)C4)C5)c3)o2)cc1. The Morgan fingerprint density at radius 3 is 2.09 bits per heavy atom. The maximum Gasteiger partial charge on any atom is 0.337 e. The number of esters is 1. The van der Waals surface area contributed by atoms with Gasteiger partial charge in [-0.25, -0.2) is 4.79 Å². The van der Waals surface area contributed by atoms with Crippen LogP contribution in [0.3, 0.4) is 0 Å². The lowest BCUT2D eigenvalue weighted by molar-refractivity contribution is -0.00611. The van der Waals surface area contributed by atoms with Crippen molar-refractivity contribution in [1.82, 2.24) is 10.2 Å². The molecule has 2 aromatic carbocycles. The van der Waals surface area contributed by atoms with Gasteiger partial charge in [0.15, 0.2) is 0 Å². The number of phenolic OH excluding ortho intramolecular Hbond substituents is 1. The van der Waals surface area contributed by atoms with Gasteiger partial charge in [-0.15, -0.1) is 10.2 Å². The Hall–Kier alpha value is -3.15. The largest absolute Gasteiger partial charge is 0.508 e. The smallest absolute Gasteiger partial charge is 0.337 e. The number of nitrogens with zero attached hydrogens (tertiary/aromatic N) is 2. The highest BCUT2D eigenvalue weighted by molar-refractivity contribution is 5.89. The maximum absolute atomic E-state index is 11.6. The second-order valence-electron chi connectivity index (χ2n) is 9.91. The van der Waals surface area contributed by atoms with E-state index in [-0.39, 0.29) is 11.4 Å². The summed E-state index contributed by atoms with van der Waals surface area (Å²) in [5.74, 6) is 3.22. The molecule has 0 atom stereocenters. The average Bonchev–Trinajstić information content (AvgIpc) is 3.28. The summed E-state index contributed by atoms with van der Waals surface area (Å²) < 4.78 is 10.7. The summed E-state index contributed by atoms with van der Waals surface area (Å²) in [5.41, 5.74) is 3.17. The maximum atomic E-state index is 11.6. The number of benzene rings is 2. The number of hydrogen-bond donors (Lipinski definition) is 1. The van der Waals surface area contributed by atoms with Gasteiger partial charge in [-0.05, 0) is 104 Å². The third-order valence-corrected chi connectivity index (χ3v) is 7.83. The van der Waals surface area contributed by atoms with E-state index in [1.807, 2.05) is 6.07 Å². The van der Waals surface area contributed by atoms with Gasteiger partial charge in [-0.3, -0.25) is 0 Å². The van der Waals surface area contributed by atoms with Crippen LogP contribution >= 0.6 is 0 Å². The molecule has 4 fully saturated rings. The Labute approximate surface area is 186 Å². The predicted octanol–water partition coefficient (Wildman–Crippen LogP) is 5.36. The number of ether oxygens (including phenoxy) is 1. The van der Waals surface area contributed by atoms with Crippen molar-refractivity contribution in [3.05, 3.63) is 53.6 Å². The molecule has 0 amide bonds. The van der Waals surface area contributed by atoms with Gasteiger partial charge in [-0.1, -0.05) is 0 Å². The summed E-state index contributed by atoms with van der Waals surface area (Å²) in [5, 5.41) is 19.3. The lowest BCUT2D eigenvalue weighted by atomic mass is 9.48. The molecule has 1 N–H and O–H groups in total. The number of rotatable bonds is 4. The number of phenols is 1. The summed E-state index contributed by atoms with van der Waals surface area (Å²) in [7, 11) is 1.36. The van der Waals surface area contributed by atoms with Crippen molar-refractivity contribution in [3.63, 3.8) is 0 Å². The fraction of sp³-hybridized carbons (Fsp3) is 0.423. The van der Waals surface area contributed by atoms with Crippen molar-refractivity contribution < 1.29 is 19.1 Å². The normalized spacial score (nSPS) is 28.1. The zero-order valence-corrected chi connectivity index (χ0v) is 18.1. The molecule has 6 heteroatoms. The van der Waals surface area contributed by atoms with Crippen molar-refractivity contribution in [2.75, 3.05) is 7.11 Å². The molecule has 3 aromatic rings. The molecule has 0 radical (unpaired) electrons. The zero-order chi connectivity index (χ0) is 21.9. The van der Waals surface area contributed by atoms with Crippen LogP contribution in [0, 0.1) is 17.8 Å². The van der Waals surface area contributed by atoms with E-state index in [0.717, 1.165) is 34.4 Å². The van der Waals surface area contributed by atoms with Gasteiger partial charge in [0.1, 0.15) is 5.75 Å². The molecule has 7 rings (SSSR count). The quantitative estimate of drug-likeness (QED) is 0.561. The van der Waals surface area contributed by atoms with Crippen LogP contribution in [0.4, 0.5) is 0 Å². The third-order valence-electron chi connectivity index (χ3n) is 7.83. The molecule has 0 saturated heterocycles. The minimum atomic E-state index is -0.385. The fourth-order valence-corrected chi connectivity index (χ4v) is 6.86. The molecule has 6 nitrogen and oxygen atoms in total. The van der Waals surface area contributed by atoms with Crippen LogP contribution < -0.4 is 0 Å². The molecule has 0 spiro atoms. The second kappa shape index (κ2) is 7.19. The Bertz CT molecular complexity index is 1150. The van der Waals surface area contributed by atoms with Crippen molar-refractivity contribution in [2.24, 2.45) is 17.8 Å². The summed E-state index contributed by atoms with van der Waals surface area (Å²) in [6.07, 6.45) is 7.62. The number of carbonyl (C=O) groups excluding carboxylic acids is 1. The van der Waals surface area contributed by atoms with E-state index in [4.69, 9.17) is 9.15 Å². The van der Waals surface area contributed by atoms with Gasteiger partial charge in [0, 0.05) is 16.7 Å². The first-order chi connectivity index (χ1) is 15.5. The van der Waals surface area contributed by atoms with Gasteiger partial charge >= 0.3 is 5.97 Å². The van der Waals surface area contributed by atoms with E-state index in [0.29, 0.717) is 23.1 Å². The topological polar surface area (TPSA) is 85.5 Å². The number of methoxy groups -OCH3 is 1. The van der Waals surface area contributed by atoms with Gasteiger partial charge in [-0.2, -0.15) is 0 Å². The molecule has 1 aromatic heterocycles. The molecular weight excluding hydrogens is 404 g/mol. The van der Waals surface area contributed by atoms with Crippen LogP contribution in [0.25, 0.3) is 22.9 Å². The molecule has 0 unspecified atom stereocenters. The van der Waals surface area contributed by atoms with Gasteiger partial charge in [0.25, 0.3) is 0 Å². The van der Waals surface area contributed by atoms with Crippen molar-refractivity contribution >= 4 is 5.97 Å². The molecule has 0 aliphatic heterocycles. The van der Waals surface area contributed by atoms with Crippen LogP contribution in [-0.4, -0.2) is 28.4 Å². The lowest BCUT2D eigenvalue weighted by Crippen LogP contribution is -2.48. The number of carbonyl (C=O) groups is 1. The highest BCUT2D eigenvalue weighted by Gasteiger charge is 2.52. The van der Waals surface area contributed by atoms with E-state index >= 15 is 0 Å².